The smallest absolute Gasteiger partial charge is 0.294 e. The fraction of sp³-hybridized carbons (Fsp3) is 0.0909. The molecule has 0 aliphatic rings. The van der Waals surface area contributed by atoms with Crippen LogP contribution in [0.4, 0.5) is 5.13 Å². The van der Waals surface area contributed by atoms with Crippen molar-refractivity contribution in [1.82, 2.24) is 10.2 Å². The molecule has 12 heteroatoms. The van der Waals surface area contributed by atoms with E-state index in [1.807, 2.05) is 0 Å². The van der Waals surface area contributed by atoms with Gasteiger partial charge in [0.15, 0.2) is 0 Å². The number of anilines is 1. The van der Waals surface area contributed by atoms with E-state index >= 15 is 0 Å². The highest BCUT2D eigenvalue weighted by Crippen LogP contribution is 2.29. The van der Waals surface area contributed by atoms with Crippen LogP contribution in [0.2, 0.25) is 5.02 Å². The van der Waals surface area contributed by atoms with Gasteiger partial charge in [-0.15, -0.1) is 10.2 Å². The molecule has 0 radical (unpaired) electrons. The molecule has 176 valence electrons. The van der Waals surface area contributed by atoms with Crippen molar-refractivity contribution in [2.75, 3.05) is 11.9 Å². The number of hydrogen-bond donors (Lipinski definition) is 2. The number of hydrogen-bond acceptors (Lipinski definition) is 8. The predicted molar refractivity (Wildman–Crippen MR) is 131 cm³/mol. The van der Waals surface area contributed by atoms with Crippen molar-refractivity contribution in [2.24, 2.45) is 0 Å². The maximum Gasteiger partial charge on any atom is 0.294 e. The molecule has 2 N–H and O–H groups in total. The van der Waals surface area contributed by atoms with Crippen LogP contribution >= 0.6 is 22.9 Å². The third-order valence-electron chi connectivity index (χ3n) is 4.87. The summed E-state index contributed by atoms with van der Waals surface area (Å²) in [5, 5.41) is 13.1. The van der Waals surface area contributed by atoms with Gasteiger partial charge >= 0.3 is 0 Å². The summed E-state index contributed by atoms with van der Waals surface area (Å²) in [5.74, 6) is 0. The van der Waals surface area contributed by atoms with E-state index in [0.29, 0.717) is 28.1 Å². The van der Waals surface area contributed by atoms with Gasteiger partial charge in [0, 0.05) is 17.1 Å². The Morgan fingerprint density at radius 2 is 1.35 bits per heavy atom. The Balaban J connectivity index is 1.39. The lowest BCUT2D eigenvalue weighted by Crippen LogP contribution is -2.05. The Hall–Kier alpha value is -2.83. The first-order chi connectivity index (χ1) is 16.1. The average molecular weight is 536 g/mol. The van der Waals surface area contributed by atoms with E-state index in [1.54, 1.807) is 24.3 Å². The maximum atomic E-state index is 12.8. The Morgan fingerprint density at radius 1 is 0.794 bits per heavy atom. The van der Waals surface area contributed by atoms with Gasteiger partial charge in [0.1, 0.15) is 5.01 Å². The van der Waals surface area contributed by atoms with Gasteiger partial charge in [0.2, 0.25) is 15.0 Å². The standard InChI is InChI=1S/C22H18ClN3O5S3/c23-17-5-11-19(12-6-17)33(27,28)18-9-3-16(4-10-18)21-25-26-22(32-21)24-14-13-15-1-7-20(8-2-15)34(29,30)31/h1-12H,13-14H2,(H,24,26)(H,29,30,31). The van der Waals surface area contributed by atoms with Crippen molar-refractivity contribution in [3.05, 3.63) is 83.4 Å². The molecule has 4 rings (SSSR count). The number of benzene rings is 3. The third-order valence-corrected chi connectivity index (χ3v) is 8.71. The summed E-state index contributed by atoms with van der Waals surface area (Å²) in [6.07, 6.45) is 0.609. The zero-order valence-corrected chi connectivity index (χ0v) is 20.6. The fourth-order valence-corrected chi connectivity index (χ4v) is 5.72. The first-order valence-electron chi connectivity index (χ1n) is 9.88. The van der Waals surface area contributed by atoms with Gasteiger partial charge in [0.25, 0.3) is 10.1 Å². The second-order valence-corrected chi connectivity index (χ2v) is 12.0. The van der Waals surface area contributed by atoms with Gasteiger partial charge in [-0.05, 0) is 60.5 Å². The molecule has 1 aromatic heterocycles. The summed E-state index contributed by atoms with van der Waals surface area (Å²) < 4.78 is 56.8. The van der Waals surface area contributed by atoms with Crippen LogP contribution in [0, 0.1) is 0 Å². The molecule has 0 atom stereocenters. The molecule has 0 fully saturated rings. The molecule has 0 spiro atoms. The molecule has 0 saturated carbocycles. The minimum atomic E-state index is -4.20. The Bertz CT molecular complexity index is 1500. The molecule has 0 unspecified atom stereocenters. The molecule has 3 aromatic carbocycles. The number of sulfone groups is 1. The van der Waals surface area contributed by atoms with Crippen LogP contribution in [0.15, 0.2) is 87.5 Å². The predicted octanol–water partition coefficient (Wildman–Crippen LogP) is 4.59. The van der Waals surface area contributed by atoms with Crippen LogP contribution in [0.5, 0.6) is 0 Å². The zero-order chi connectivity index (χ0) is 24.3. The minimum absolute atomic E-state index is 0.148. The topological polar surface area (TPSA) is 126 Å². The summed E-state index contributed by atoms with van der Waals surface area (Å²) >= 11 is 7.17. The van der Waals surface area contributed by atoms with E-state index < -0.39 is 20.0 Å². The summed E-state index contributed by atoms with van der Waals surface area (Å²) in [7, 11) is -7.85. The first-order valence-corrected chi connectivity index (χ1v) is 14.0. The van der Waals surface area contributed by atoms with Crippen LogP contribution in [-0.2, 0) is 26.4 Å². The van der Waals surface area contributed by atoms with Crippen LogP contribution in [-0.4, -0.2) is 38.1 Å². The number of nitrogens with one attached hydrogen (secondary N) is 1. The molecular weight excluding hydrogens is 518 g/mol. The molecule has 0 saturated heterocycles. The van der Waals surface area contributed by atoms with E-state index in [4.69, 9.17) is 16.2 Å². The van der Waals surface area contributed by atoms with Crippen LogP contribution < -0.4 is 5.32 Å². The van der Waals surface area contributed by atoms with Gasteiger partial charge < -0.3 is 5.32 Å². The zero-order valence-electron chi connectivity index (χ0n) is 17.4. The van der Waals surface area contributed by atoms with Crippen LogP contribution in [0.3, 0.4) is 0 Å². The number of aromatic nitrogens is 2. The molecule has 34 heavy (non-hydrogen) atoms. The van der Waals surface area contributed by atoms with E-state index in [-0.39, 0.29) is 14.7 Å². The molecule has 0 bridgehead atoms. The summed E-state index contributed by atoms with van der Waals surface area (Å²) in [6.45, 7) is 0.540. The van der Waals surface area contributed by atoms with Gasteiger partial charge in [0.05, 0.1) is 14.7 Å². The minimum Gasteiger partial charge on any atom is -0.360 e. The largest absolute Gasteiger partial charge is 0.360 e. The number of nitrogens with zero attached hydrogens (tertiary/aromatic N) is 2. The van der Waals surface area contributed by atoms with Gasteiger partial charge in [-0.2, -0.15) is 8.42 Å². The van der Waals surface area contributed by atoms with Crippen molar-refractivity contribution in [1.29, 1.82) is 0 Å². The van der Waals surface area contributed by atoms with Crippen molar-refractivity contribution in [3.8, 4) is 10.6 Å². The quantitative estimate of drug-likeness (QED) is 0.314. The van der Waals surface area contributed by atoms with Gasteiger partial charge in [-0.3, -0.25) is 4.55 Å². The lowest BCUT2D eigenvalue weighted by atomic mass is 10.1. The Kier molecular flexibility index (Phi) is 7.01. The van der Waals surface area contributed by atoms with E-state index in [2.05, 4.69) is 15.5 Å². The van der Waals surface area contributed by atoms with E-state index in [0.717, 1.165) is 11.1 Å². The van der Waals surface area contributed by atoms with E-state index in [9.17, 15) is 16.8 Å². The normalized spacial score (nSPS) is 11.9. The van der Waals surface area contributed by atoms with Crippen molar-refractivity contribution >= 4 is 48.0 Å². The molecule has 8 nitrogen and oxygen atoms in total. The monoisotopic (exact) mass is 535 g/mol. The third kappa shape index (κ3) is 5.62. The van der Waals surface area contributed by atoms with Crippen molar-refractivity contribution < 1.29 is 21.4 Å². The van der Waals surface area contributed by atoms with Crippen molar-refractivity contribution in [2.45, 2.75) is 21.1 Å². The molecular formula is C22H18ClN3O5S3. The van der Waals surface area contributed by atoms with Crippen molar-refractivity contribution in [3.63, 3.8) is 0 Å². The highest BCUT2D eigenvalue weighted by atomic mass is 35.5. The lowest BCUT2D eigenvalue weighted by Gasteiger charge is -2.05. The molecule has 0 aliphatic carbocycles. The van der Waals surface area contributed by atoms with E-state index in [1.165, 1.54) is 59.9 Å². The molecule has 1 heterocycles. The summed E-state index contributed by atoms with van der Waals surface area (Å²) in [4.78, 5) is 0.186. The number of halogens is 1. The second kappa shape index (κ2) is 9.80. The molecule has 0 amide bonds. The Labute approximate surface area is 205 Å². The molecule has 0 aliphatic heterocycles. The molecule has 4 aromatic rings. The lowest BCUT2D eigenvalue weighted by molar-refractivity contribution is 0.483. The first kappa shape index (κ1) is 24.3. The van der Waals surface area contributed by atoms with Gasteiger partial charge in [-0.25, -0.2) is 8.42 Å². The van der Waals surface area contributed by atoms with Gasteiger partial charge in [-0.1, -0.05) is 47.2 Å². The second-order valence-electron chi connectivity index (χ2n) is 7.19. The Morgan fingerprint density at radius 3 is 1.94 bits per heavy atom. The SMILES string of the molecule is O=S(=O)(O)c1ccc(CCNc2nnc(-c3ccc(S(=O)(=O)c4ccc(Cl)cc4)cc3)s2)cc1. The summed E-state index contributed by atoms with van der Waals surface area (Å²) in [6, 6.07) is 18.4. The highest BCUT2D eigenvalue weighted by Gasteiger charge is 2.18. The van der Waals surface area contributed by atoms with Crippen LogP contribution in [0.25, 0.3) is 10.6 Å². The average Bonchev–Trinajstić information content (AvgIpc) is 3.28. The number of rotatable bonds is 8. The van der Waals surface area contributed by atoms with Crippen LogP contribution in [0.1, 0.15) is 5.56 Å². The maximum absolute atomic E-state index is 12.8. The highest BCUT2D eigenvalue weighted by molar-refractivity contribution is 7.91. The summed E-state index contributed by atoms with van der Waals surface area (Å²) in [5.41, 5.74) is 1.63. The fourth-order valence-electron chi connectivity index (χ4n) is 3.08.